The summed E-state index contributed by atoms with van der Waals surface area (Å²) in [5.74, 6) is -1.22. The minimum atomic E-state index is -0.942. The molecule has 2 atom stereocenters. The van der Waals surface area contributed by atoms with E-state index in [-0.39, 0.29) is 38.1 Å². The lowest BCUT2D eigenvalue weighted by molar-refractivity contribution is -0.145. The van der Waals surface area contributed by atoms with E-state index >= 15 is 0 Å². The third-order valence-corrected chi connectivity index (χ3v) is 4.24. The third kappa shape index (κ3) is 7.98. The molecule has 10 heteroatoms. The molecule has 1 unspecified atom stereocenters. The average Bonchev–Trinajstić information content (AvgIpc) is 2.72. The summed E-state index contributed by atoms with van der Waals surface area (Å²) in [6.07, 6.45) is 0.176. The molecule has 10 nitrogen and oxygen atoms in total. The van der Waals surface area contributed by atoms with Crippen LogP contribution in [0.4, 0.5) is 0 Å². The molecule has 0 heterocycles. The Morgan fingerprint density at radius 1 is 1.21 bits per heavy atom. The minimum Gasteiger partial charge on any atom is -0.493 e. The van der Waals surface area contributed by atoms with Crippen molar-refractivity contribution in [3.63, 3.8) is 0 Å². The number of carbonyl (C=O) groups excluding carboxylic acids is 2. The van der Waals surface area contributed by atoms with Gasteiger partial charge in [0.1, 0.15) is 17.8 Å². The number of hydrogen-bond acceptors (Lipinski definition) is 7. The predicted octanol–water partition coefficient (Wildman–Crippen LogP) is 1.20. The first-order valence-electron chi connectivity index (χ1n) is 9.22. The average molecular weight is 408 g/mol. The van der Waals surface area contributed by atoms with E-state index in [1.807, 2.05) is 0 Å². The normalized spacial score (nSPS) is 12.8. The van der Waals surface area contributed by atoms with Gasteiger partial charge in [0, 0.05) is 17.3 Å². The third-order valence-electron chi connectivity index (χ3n) is 4.24. The van der Waals surface area contributed by atoms with E-state index in [0.717, 1.165) is 5.56 Å². The largest absolute Gasteiger partial charge is 0.493 e. The maximum atomic E-state index is 12.4. The van der Waals surface area contributed by atoms with Crippen molar-refractivity contribution < 1.29 is 29.3 Å². The van der Waals surface area contributed by atoms with Crippen LogP contribution in [0.15, 0.2) is 29.4 Å². The highest BCUT2D eigenvalue weighted by molar-refractivity contribution is 5.88. The number of aliphatic hydroxyl groups excluding tert-OH is 2. The summed E-state index contributed by atoms with van der Waals surface area (Å²) in [4.78, 5) is 27.2. The zero-order valence-electron chi connectivity index (χ0n) is 16.8. The van der Waals surface area contributed by atoms with Crippen LogP contribution in [0, 0.1) is 11.8 Å². The van der Waals surface area contributed by atoms with Crippen LogP contribution in [0.5, 0.6) is 5.75 Å². The van der Waals surface area contributed by atoms with Gasteiger partial charge in [0.05, 0.1) is 26.9 Å². The number of azide groups is 1. The number of methoxy groups -OCH3 is 1. The molecule has 3 N–H and O–H groups in total. The smallest absolute Gasteiger partial charge is 0.328 e. The van der Waals surface area contributed by atoms with E-state index in [4.69, 9.17) is 25.2 Å². The number of carbonyl (C=O) groups is 2. The maximum Gasteiger partial charge on any atom is 0.328 e. The molecule has 0 aliphatic heterocycles. The SMILES string of the molecule is COC(=O)C(Cc1ccc(OCC(CO)CO)cc1)NC(=O)[C@@H](N=[N+]=[N-])C(C)C. The lowest BCUT2D eigenvalue weighted by Gasteiger charge is -2.21. The Bertz CT molecular complexity index is 699. The van der Waals surface area contributed by atoms with Crippen LogP contribution in [0.2, 0.25) is 0 Å². The fourth-order valence-corrected chi connectivity index (χ4v) is 2.47. The summed E-state index contributed by atoms with van der Waals surface area (Å²) in [7, 11) is 1.23. The Kier molecular flexibility index (Phi) is 10.5. The summed E-state index contributed by atoms with van der Waals surface area (Å²) in [5.41, 5.74) is 9.39. The highest BCUT2D eigenvalue weighted by Gasteiger charge is 2.27. The van der Waals surface area contributed by atoms with E-state index in [9.17, 15) is 9.59 Å². The molecule has 1 aromatic carbocycles. The molecule has 0 aliphatic carbocycles. The number of hydrogen-bond donors (Lipinski definition) is 3. The van der Waals surface area contributed by atoms with Crippen LogP contribution >= 0.6 is 0 Å². The van der Waals surface area contributed by atoms with Crippen LogP contribution in [0.25, 0.3) is 10.4 Å². The van der Waals surface area contributed by atoms with Crippen LogP contribution in [0.3, 0.4) is 0 Å². The number of ether oxygens (including phenoxy) is 2. The van der Waals surface area contributed by atoms with E-state index < -0.39 is 24.0 Å². The van der Waals surface area contributed by atoms with Gasteiger partial charge in [0.2, 0.25) is 5.91 Å². The van der Waals surface area contributed by atoms with E-state index in [0.29, 0.717) is 5.75 Å². The summed E-state index contributed by atoms with van der Waals surface area (Å²) < 4.78 is 10.3. The van der Waals surface area contributed by atoms with Gasteiger partial charge in [-0.05, 0) is 29.1 Å². The number of nitrogens with one attached hydrogen (secondary N) is 1. The van der Waals surface area contributed by atoms with Crippen LogP contribution in [-0.4, -0.2) is 61.1 Å². The molecule has 1 amide bonds. The molecule has 0 radical (unpaired) electrons. The quantitative estimate of drug-likeness (QED) is 0.204. The summed E-state index contributed by atoms with van der Waals surface area (Å²) in [5, 5.41) is 24.2. The Morgan fingerprint density at radius 2 is 1.83 bits per heavy atom. The maximum absolute atomic E-state index is 12.4. The molecule has 0 aliphatic rings. The number of nitrogens with zero attached hydrogens (tertiary/aromatic N) is 3. The van der Waals surface area contributed by atoms with Gasteiger partial charge in [-0.15, -0.1) is 0 Å². The van der Waals surface area contributed by atoms with Crippen molar-refractivity contribution in [2.24, 2.45) is 17.0 Å². The summed E-state index contributed by atoms with van der Waals surface area (Å²) in [6.45, 7) is 3.29. The molecule has 0 bridgehead atoms. The lowest BCUT2D eigenvalue weighted by Crippen LogP contribution is -2.47. The summed E-state index contributed by atoms with van der Waals surface area (Å²) in [6, 6.07) is 4.97. The fraction of sp³-hybridized carbons (Fsp3) is 0.579. The predicted molar refractivity (Wildman–Crippen MR) is 105 cm³/mol. The topological polar surface area (TPSA) is 154 Å². The van der Waals surface area contributed by atoms with Gasteiger partial charge in [-0.1, -0.05) is 31.1 Å². The molecule has 0 aromatic heterocycles. The zero-order valence-corrected chi connectivity index (χ0v) is 16.8. The number of esters is 1. The Balaban J connectivity index is 2.81. The van der Waals surface area contributed by atoms with Gasteiger partial charge in [-0.25, -0.2) is 4.79 Å². The monoisotopic (exact) mass is 408 g/mol. The van der Waals surface area contributed by atoms with Gasteiger partial charge < -0.3 is 25.0 Å². The molecule has 1 rings (SSSR count). The van der Waals surface area contributed by atoms with Gasteiger partial charge in [-0.2, -0.15) is 0 Å². The van der Waals surface area contributed by atoms with Crippen molar-refractivity contribution in [2.45, 2.75) is 32.4 Å². The van der Waals surface area contributed by atoms with Gasteiger partial charge in [0.15, 0.2) is 0 Å². The summed E-state index contributed by atoms with van der Waals surface area (Å²) >= 11 is 0. The molecule has 0 spiro atoms. The fourth-order valence-electron chi connectivity index (χ4n) is 2.47. The van der Waals surface area contributed by atoms with E-state index in [2.05, 4.69) is 15.3 Å². The van der Waals surface area contributed by atoms with Crippen molar-refractivity contribution in [3.8, 4) is 5.75 Å². The number of aliphatic hydroxyl groups is 2. The first kappa shape index (κ1) is 24.2. The highest BCUT2D eigenvalue weighted by atomic mass is 16.5. The standard InChI is InChI=1S/C19H28N4O6/c1-12(2)17(22-23-20)18(26)21-16(19(27)28-3)8-13-4-6-15(7-5-13)29-11-14(9-24)10-25/h4-7,12,14,16-17,24-25H,8-11H2,1-3H3,(H,21,26)/t16?,17-/m0/s1. The highest BCUT2D eigenvalue weighted by Crippen LogP contribution is 2.15. The molecule has 160 valence electrons. The minimum absolute atomic E-state index is 0.170. The lowest BCUT2D eigenvalue weighted by atomic mass is 10.0. The molecular weight excluding hydrogens is 380 g/mol. The Labute approximate surface area is 169 Å². The van der Waals surface area contributed by atoms with E-state index in [1.165, 1.54) is 7.11 Å². The Morgan fingerprint density at radius 3 is 2.31 bits per heavy atom. The van der Waals surface area contributed by atoms with E-state index in [1.54, 1.807) is 38.1 Å². The molecule has 0 saturated heterocycles. The molecule has 1 aromatic rings. The van der Waals surface area contributed by atoms with Gasteiger partial charge >= 0.3 is 5.97 Å². The molecule has 29 heavy (non-hydrogen) atoms. The van der Waals surface area contributed by atoms with Crippen molar-refractivity contribution >= 4 is 11.9 Å². The Hall–Kier alpha value is -2.81. The molecule has 0 saturated carbocycles. The van der Waals surface area contributed by atoms with Crippen molar-refractivity contribution in [2.75, 3.05) is 26.9 Å². The second-order valence-electron chi connectivity index (χ2n) is 6.87. The van der Waals surface area contributed by atoms with Gasteiger partial charge in [0.25, 0.3) is 0 Å². The van der Waals surface area contributed by atoms with Gasteiger partial charge in [-0.3, -0.25) is 4.79 Å². The zero-order chi connectivity index (χ0) is 21.8. The van der Waals surface area contributed by atoms with Crippen molar-refractivity contribution in [3.05, 3.63) is 40.3 Å². The first-order chi connectivity index (χ1) is 13.9. The van der Waals surface area contributed by atoms with Crippen LogP contribution in [0.1, 0.15) is 19.4 Å². The van der Waals surface area contributed by atoms with Crippen molar-refractivity contribution in [1.29, 1.82) is 0 Å². The first-order valence-corrected chi connectivity index (χ1v) is 9.22. The molecular formula is C19H28N4O6. The van der Waals surface area contributed by atoms with Crippen molar-refractivity contribution in [1.82, 2.24) is 5.32 Å². The van der Waals surface area contributed by atoms with Crippen LogP contribution in [-0.2, 0) is 20.7 Å². The second-order valence-corrected chi connectivity index (χ2v) is 6.87. The number of benzene rings is 1. The number of amides is 1. The second kappa shape index (κ2) is 12.6. The number of rotatable bonds is 12. The van der Waals surface area contributed by atoms with Crippen LogP contribution < -0.4 is 10.1 Å². The molecule has 0 fully saturated rings.